The van der Waals surface area contributed by atoms with Crippen molar-refractivity contribution in [3.63, 3.8) is 0 Å². The zero-order valence-corrected chi connectivity index (χ0v) is 6.51. The quantitative estimate of drug-likeness (QED) is 0.574. The average molecular weight is 144 g/mol. The van der Waals surface area contributed by atoms with Crippen molar-refractivity contribution in [2.75, 3.05) is 6.61 Å². The van der Waals surface area contributed by atoms with E-state index in [9.17, 15) is 5.11 Å². The van der Waals surface area contributed by atoms with Gasteiger partial charge in [-0.1, -0.05) is 12.8 Å². The Morgan fingerprint density at radius 1 is 1.50 bits per heavy atom. The highest BCUT2D eigenvalue weighted by Gasteiger charge is 2.33. The van der Waals surface area contributed by atoms with Crippen LogP contribution < -0.4 is 0 Å². The molecule has 2 atom stereocenters. The number of hydrogen-bond donors (Lipinski definition) is 2. The Morgan fingerprint density at radius 3 is 2.60 bits per heavy atom. The molecule has 0 saturated heterocycles. The molecule has 0 bridgehead atoms. The first-order valence-electron chi connectivity index (χ1n) is 4.00. The van der Waals surface area contributed by atoms with Gasteiger partial charge in [0.15, 0.2) is 0 Å². The van der Waals surface area contributed by atoms with Gasteiger partial charge in [-0.05, 0) is 19.8 Å². The van der Waals surface area contributed by atoms with Gasteiger partial charge >= 0.3 is 0 Å². The SMILES string of the molecule is C[C@@]1(O)CCCC[C@H]1CO. The Bertz CT molecular complexity index is 110. The van der Waals surface area contributed by atoms with Gasteiger partial charge in [0, 0.05) is 12.5 Å². The first-order chi connectivity index (χ1) is 4.67. The summed E-state index contributed by atoms with van der Waals surface area (Å²) in [6.07, 6.45) is 4.08. The Labute approximate surface area is 61.9 Å². The lowest BCUT2D eigenvalue weighted by molar-refractivity contribution is -0.0518. The van der Waals surface area contributed by atoms with E-state index in [4.69, 9.17) is 5.11 Å². The summed E-state index contributed by atoms with van der Waals surface area (Å²) in [5.41, 5.74) is -0.604. The van der Waals surface area contributed by atoms with Crippen molar-refractivity contribution in [3.05, 3.63) is 0 Å². The molecule has 0 amide bonds. The molecule has 0 aromatic rings. The molecule has 0 radical (unpaired) electrons. The lowest BCUT2D eigenvalue weighted by atomic mass is 9.77. The Hall–Kier alpha value is -0.0800. The highest BCUT2D eigenvalue weighted by atomic mass is 16.3. The predicted molar refractivity (Wildman–Crippen MR) is 39.7 cm³/mol. The van der Waals surface area contributed by atoms with Crippen molar-refractivity contribution < 1.29 is 10.2 Å². The van der Waals surface area contributed by atoms with Gasteiger partial charge in [-0.15, -0.1) is 0 Å². The van der Waals surface area contributed by atoms with Crippen LogP contribution in [0.15, 0.2) is 0 Å². The van der Waals surface area contributed by atoms with E-state index in [2.05, 4.69) is 0 Å². The van der Waals surface area contributed by atoms with E-state index < -0.39 is 5.60 Å². The smallest absolute Gasteiger partial charge is 0.0669 e. The maximum absolute atomic E-state index is 9.67. The Morgan fingerprint density at radius 2 is 2.20 bits per heavy atom. The summed E-state index contributed by atoms with van der Waals surface area (Å²) >= 11 is 0. The zero-order chi connectivity index (χ0) is 7.61. The number of aliphatic hydroxyl groups is 2. The van der Waals surface area contributed by atoms with E-state index in [0.717, 1.165) is 25.7 Å². The molecule has 2 nitrogen and oxygen atoms in total. The largest absolute Gasteiger partial charge is 0.396 e. The van der Waals surface area contributed by atoms with Gasteiger partial charge in [0.25, 0.3) is 0 Å². The summed E-state index contributed by atoms with van der Waals surface area (Å²) < 4.78 is 0. The number of hydrogen-bond acceptors (Lipinski definition) is 2. The topological polar surface area (TPSA) is 40.5 Å². The van der Waals surface area contributed by atoms with E-state index in [0.29, 0.717) is 0 Å². The fourth-order valence-electron chi connectivity index (χ4n) is 1.68. The normalized spacial score (nSPS) is 41.7. The second-order valence-corrected chi connectivity index (χ2v) is 3.48. The lowest BCUT2D eigenvalue weighted by Crippen LogP contribution is -2.39. The first-order valence-corrected chi connectivity index (χ1v) is 4.00. The van der Waals surface area contributed by atoms with Gasteiger partial charge in [-0.2, -0.15) is 0 Å². The highest BCUT2D eigenvalue weighted by molar-refractivity contribution is 4.85. The van der Waals surface area contributed by atoms with Gasteiger partial charge in [0.05, 0.1) is 5.60 Å². The summed E-state index contributed by atoms with van der Waals surface area (Å²) in [4.78, 5) is 0. The molecule has 10 heavy (non-hydrogen) atoms. The predicted octanol–water partition coefficient (Wildman–Crippen LogP) is 0.920. The minimum atomic E-state index is -0.604. The van der Waals surface area contributed by atoms with Gasteiger partial charge in [0.2, 0.25) is 0 Å². The summed E-state index contributed by atoms with van der Waals surface area (Å²) in [5.74, 6) is 0.112. The van der Waals surface area contributed by atoms with Gasteiger partial charge in [0.1, 0.15) is 0 Å². The maximum Gasteiger partial charge on any atom is 0.0669 e. The minimum Gasteiger partial charge on any atom is -0.396 e. The number of aliphatic hydroxyl groups excluding tert-OH is 1. The minimum absolute atomic E-state index is 0.112. The van der Waals surface area contributed by atoms with Crippen LogP contribution in [0, 0.1) is 5.92 Å². The monoisotopic (exact) mass is 144 g/mol. The fourth-order valence-corrected chi connectivity index (χ4v) is 1.68. The van der Waals surface area contributed by atoms with E-state index >= 15 is 0 Å². The van der Waals surface area contributed by atoms with Gasteiger partial charge < -0.3 is 10.2 Å². The summed E-state index contributed by atoms with van der Waals surface area (Å²) in [5, 5.41) is 18.5. The van der Waals surface area contributed by atoms with Crippen LogP contribution in [-0.4, -0.2) is 22.4 Å². The van der Waals surface area contributed by atoms with Crippen LogP contribution in [0.1, 0.15) is 32.6 Å². The third kappa shape index (κ3) is 1.50. The molecule has 1 aliphatic carbocycles. The molecule has 60 valence electrons. The molecule has 0 aliphatic heterocycles. The van der Waals surface area contributed by atoms with Crippen LogP contribution in [0.3, 0.4) is 0 Å². The average Bonchev–Trinajstić information content (AvgIpc) is 1.87. The molecule has 1 rings (SSSR count). The third-order valence-electron chi connectivity index (χ3n) is 2.59. The van der Waals surface area contributed by atoms with Gasteiger partial charge in [-0.3, -0.25) is 0 Å². The molecule has 0 aromatic carbocycles. The van der Waals surface area contributed by atoms with Crippen LogP contribution in [-0.2, 0) is 0 Å². The van der Waals surface area contributed by atoms with Gasteiger partial charge in [-0.25, -0.2) is 0 Å². The molecule has 1 fully saturated rings. The van der Waals surface area contributed by atoms with Crippen molar-refractivity contribution in [2.24, 2.45) is 5.92 Å². The van der Waals surface area contributed by atoms with Crippen LogP contribution in [0.2, 0.25) is 0 Å². The lowest BCUT2D eigenvalue weighted by Gasteiger charge is -2.35. The van der Waals surface area contributed by atoms with E-state index in [1.807, 2.05) is 6.92 Å². The number of rotatable bonds is 1. The molecule has 0 heterocycles. The van der Waals surface area contributed by atoms with Crippen molar-refractivity contribution in [1.82, 2.24) is 0 Å². The van der Waals surface area contributed by atoms with Crippen LogP contribution >= 0.6 is 0 Å². The molecule has 2 heteroatoms. The van der Waals surface area contributed by atoms with Crippen molar-refractivity contribution >= 4 is 0 Å². The molecule has 0 spiro atoms. The summed E-state index contributed by atoms with van der Waals surface area (Å²) in [6.45, 7) is 1.96. The second-order valence-electron chi connectivity index (χ2n) is 3.48. The van der Waals surface area contributed by atoms with Crippen molar-refractivity contribution in [3.8, 4) is 0 Å². The van der Waals surface area contributed by atoms with Crippen molar-refractivity contribution in [2.45, 2.75) is 38.2 Å². The Balaban J connectivity index is 2.51. The van der Waals surface area contributed by atoms with Crippen LogP contribution in [0.4, 0.5) is 0 Å². The summed E-state index contributed by atoms with van der Waals surface area (Å²) in [7, 11) is 0. The van der Waals surface area contributed by atoms with E-state index in [1.165, 1.54) is 0 Å². The first kappa shape index (κ1) is 8.02. The standard InChI is InChI=1S/C8H16O2/c1-8(10)5-3-2-4-7(8)6-9/h7,9-10H,2-6H2,1H3/t7-,8+/m0/s1. The second kappa shape index (κ2) is 2.89. The molecule has 0 unspecified atom stereocenters. The molecular formula is C8H16O2. The molecule has 0 aromatic heterocycles. The van der Waals surface area contributed by atoms with Crippen LogP contribution in [0.25, 0.3) is 0 Å². The fraction of sp³-hybridized carbons (Fsp3) is 1.00. The van der Waals surface area contributed by atoms with E-state index in [-0.39, 0.29) is 12.5 Å². The van der Waals surface area contributed by atoms with Crippen molar-refractivity contribution in [1.29, 1.82) is 0 Å². The zero-order valence-electron chi connectivity index (χ0n) is 6.51. The molecule has 1 saturated carbocycles. The van der Waals surface area contributed by atoms with E-state index in [1.54, 1.807) is 0 Å². The third-order valence-corrected chi connectivity index (χ3v) is 2.59. The van der Waals surface area contributed by atoms with Crippen LogP contribution in [0.5, 0.6) is 0 Å². The Kier molecular flexibility index (Phi) is 2.32. The molecule has 1 aliphatic rings. The maximum atomic E-state index is 9.67. The molecular weight excluding hydrogens is 128 g/mol. The highest BCUT2D eigenvalue weighted by Crippen LogP contribution is 2.32. The summed E-state index contributed by atoms with van der Waals surface area (Å²) in [6, 6.07) is 0. The molecule has 2 N–H and O–H groups in total.